The minimum absolute atomic E-state index is 0.164. The molecule has 0 radical (unpaired) electrons. The number of amides is 1. The summed E-state index contributed by atoms with van der Waals surface area (Å²) < 4.78 is 5.72. The molecule has 0 aromatic heterocycles. The summed E-state index contributed by atoms with van der Waals surface area (Å²) in [5, 5.41) is 9.32. The highest BCUT2D eigenvalue weighted by molar-refractivity contribution is 6.30. The lowest BCUT2D eigenvalue weighted by Crippen LogP contribution is -2.27. The van der Waals surface area contributed by atoms with Crippen LogP contribution in [0.3, 0.4) is 0 Å². The van der Waals surface area contributed by atoms with Crippen LogP contribution in [0.25, 0.3) is 0 Å². The monoisotopic (exact) mass is 299 g/mol. The first-order valence-corrected chi connectivity index (χ1v) is 7.18. The zero-order valence-electron chi connectivity index (χ0n) is 11.9. The van der Waals surface area contributed by atoms with Crippen LogP contribution in [-0.4, -0.2) is 23.8 Å². The molecule has 0 saturated carbocycles. The highest BCUT2D eigenvalue weighted by atomic mass is 35.5. The predicted octanol–water partition coefficient (Wildman–Crippen LogP) is 3.21. The number of hydrogen-bond donors (Lipinski definition) is 2. The van der Waals surface area contributed by atoms with E-state index in [2.05, 4.69) is 13.8 Å². The molecule has 0 aliphatic carbocycles. The van der Waals surface area contributed by atoms with E-state index in [1.807, 2.05) is 24.3 Å². The maximum absolute atomic E-state index is 11.3. The van der Waals surface area contributed by atoms with Crippen LogP contribution in [0, 0.1) is 5.92 Å². The fraction of sp³-hybridized carbons (Fsp3) is 0.533. The summed E-state index contributed by atoms with van der Waals surface area (Å²) in [6.07, 6.45) is 1.50. The minimum Gasteiger partial charge on any atom is -0.377 e. The van der Waals surface area contributed by atoms with E-state index in [-0.39, 0.29) is 12.5 Å². The summed E-state index contributed by atoms with van der Waals surface area (Å²) in [6.45, 7) is 4.72. The van der Waals surface area contributed by atoms with Gasteiger partial charge in [0.05, 0.1) is 12.5 Å². The Morgan fingerprint density at radius 2 is 2.00 bits per heavy atom. The van der Waals surface area contributed by atoms with Crippen LogP contribution < -0.4 is 5.48 Å². The largest absolute Gasteiger partial charge is 0.377 e. The Balaban J connectivity index is 2.49. The Bertz CT molecular complexity index is 406. The second-order valence-corrected chi connectivity index (χ2v) is 5.69. The molecule has 0 heterocycles. The topological polar surface area (TPSA) is 58.6 Å². The van der Waals surface area contributed by atoms with E-state index < -0.39 is 5.91 Å². The van der Waals surface area contributed by atoms with Crippen molar-refractivity contribution in [3.8, 4) is 0 Å². The lowest BCUT2D eigenvalue weighted by atomic mass is 10.0. The zero-order chi connectivity index (χ0) is 15.0. The van der Waals surface area contributed by atoms with Crippen molar-refractivity contribution in [1.29, 1.82) is 0 Å². The Labute approximate surface area is 125 Å². The number of hydrogen-bond acceptors (Lipinski definition) is 3. The molecule has 0 saturated heterocycles. The van der Waals surface area contributed by atoms with Gasteiger partial charge in [-0.3, -0.25) is 10.0 Å². The number of nitrogens with one attached hydrogen (secondary N) is 1. The molecule has 0 fully saturated rings. The van der Waals surface area contributed by atoms with Crippen molar-refractivity contribution < 1.29 is 14.7 Å². The first-order valence-electron chi connectivity index (χ1n) is 6.80. The molecular weight excluding hydrogens is 278 g/mol. The molecule has 0 spiro atoms. The van der Waals surface area contributed by atoms with Gasteiger partial charge in [0.2, 0.25) is 5.91 Å². The molecule has 20 heavy (non-hydrogen) atoms. The fourth-order valence-electron chi connectivity index (χ4n) is 1.80. The van der Waals surface area contributed by atoms with Gasteiger partial charge in [-0.25, -0.2) is 5.48 Å². The summed E-state index contributed by atoms with van der Waals surface area (Å²) in [6, 6.07) is 7.63. The molecule has 0 bridgehead atoms. The van der Waals surface area contributed by atoms with Crippen molar-refractivity contribution in [3.63, 3.8) is 0 Å². The van der Waals surface area contributed by atoms with Crippen LogP contribution in [0.1, 0.15) is 32.3 Å². The first-order chi connectivity index (χ1) is 9.51. The van der Waals surface area contributed by atoms with E-state index in [0.29, 0.717) is 17.5 Å². The Morgan fingerprint density at radius 3 is 2.55 bits per heavy atom. The number of benzene rings is 1. The lowest BCUT2D eigenvalue weighted by Gasteiger charge is -2.18. The number of rotatable bonds is 8. The van der Waals surface area contributed by atoms with E-state index in [4.69, 9.17) is 21.5 Å². The number of carbonyl (C=O) groups is 1. The summed E-state index contributed by atoms with van der Waals surface area (Å²) in [7, 11) is 0. The van der Waals surface area contributed by atoms with Gasteiger partial charge in [-0.15, -0.1) is 0 Å². The molecule has 1 aromatic rings. The maximum Gasteiger partial charge on any atom is 0.245 e. The van der Waals surface area contributed by atoms with Crippen molar-refractivity contribution in [2.24, 2.45) is 5.92 Å². The summed E-state index contributed by atoms with van der Waals surface area (Å²) in [5.41, 5.74) is 2.80. The molecule has 4 nitrogen and oxygen atoms in total. The molecule has 0 aliphatic heterocycles. The van der Waals surface area contributed by atoms with Gasteiger partial charge in [-0.05, 0) is 36.5 Å². The average molecular weight is 300 g/mol. The molecule has 1 aromatic carbocycles. The molecule has 0 aliphatic rings. The molecule has 1 rings (SSSR count). The Morgan fingerprint density at radius 1 is 1.35 bits per heavy atom. The second kappa shape index (κ2) is 8.95. The van der Waals surface area contributed by atoms with Gasteiger partial charge in [0, 0.05) is 11.6 Å². The first kappa shape index (κ1) is 17.0. The van der Waals surface area contributed by atoms with Gasteiger partial charge in [-0.1, -0.05) is 37.6 Å². The van der Waals surface area contributed by atoms with Crippen LogP contribution in [0.4, 0.5) is 0 Å². The molecule has 2 N–H and O–H groups in total. The quantitative estimate of drug-likeness (QED) is 0.572. The molecule has 112 valence electrons. The normalized spacial score (nSPS) is 12.4. The third kappa shape index (κ3) is 6.89. The van der Waals surface area contributed by atoms with E-state index in [1.54, 1.807) is 5.48 Å². The highest BCUT2D eigenvalue weighted by Crippen LogP contribution is 2.14. The van der Waals surface area contributed by atoms with E-state index in [1.165, 1.54) is 0 Å². The van der Waals surface area contributed by atoms with Gasteiger partial charge < -0.3 is 4.74 Å². The molecule has 1 unspecified atom stereocenters. The van der Waals surface area contributed by atoms with Crippen molar-refractivity contribution in [2.75, 3.05) is 6.61 Å². The second-order valence-electron chi connectivity index (χ2n) is 5.25. The van der Waals surface area contributed by atoms with Crippen molar-refractivity contribution in [3.05, 3.63) is 34.9 Å². The van der Waals surface area contributed by atoms with E-state index in [0.717, 1.165) is 18.4 Å². The van der Waals surface area contributed by atoms with Crippen molar-refractivity contribution in [2.45, 2.75) is 39.2 Å². The molecule has 5 heteroatoms. The fourth-order valence-corrected chi connectivity index (χ4v) is 1.93. The van der Waals surface area contributed by atoms with Gasteiger partial charge >= 0.3 is 0 Å². The zero-order valence-corrected chi connectivity index (χ0v) is 12.7. The van der Waals surface area contributed by atoms with Crippen molar-refractivity contribution in [1.82, 2.24) is 5.48 Å². The maximum atomic E-state index is 11.3. The van der Waals surface area contributed by atoms with Crippen molar-refractivity contribution >= 4 is 17.5 Å². The third-order valence-corrected chi connectivity index (χ3v) is 3.12. The number of carbonyl (C=O) groups excluding carboxylic acids is 1. The smallest absolute Gasteiger partial charge is 0.245 e. The standard InChI is InChI=1S/C15H22ClNO3/c1-11(2)10-20-14(9-15(18)17-19)8-5-12-3-6-13(16)7-4-12/h3-4,6-7,11,14,19H,5,8-10H2,1-2H3,(H,17,18). The Kier molecular flexibility index (Phi) is 7.59. The number of aryl methyl sites for hydroxylation is 1. The summed E-state index contributed by atoms with van der Waals surface area (Å²) in [5.74, 6) is -0.0138. The van der Waals surface area contributed by atoms with Gasteiger partial charge in [0.15, 0.2) is 0 Å². The highest BCUT2D eigenvalue weighted by Gasteiger charge is 2.15. The van der Waals surface area contributed by atoms with E-state index >= 15 is 0 Å². The lowest BCUT2D eigenvalue weighted by molar-refractivity contribution is -0.132. The SMILES string of the molecule is CC(C)COC(CCc1ccc(Cl)cc1)CC(=O)NO. The number of hydroxylamine groups is 1. The van der Waals surface area contributed by atoms with Crippen LogP contribution in [-0.2, 0) is 16.0 Å². The molecular formula is C15H22ClNO3. The van der Waals surface area contributed by atoms with Gasteiger partial charge in [-0.2, -0.15) is 0 Å². The predicted molar refractivity (Wildman–Crippen MR) is 78.9 cm³/mol. The number of ether oxygens (including phenoxy) is 1. The summed E-state index contributed by atoms with van der Waals surface area (Å²) in [4.78, 5) is 11.3. The van der Waals surface area contributed by atoms with Gasteiger partial charge in [0.1, 0.15) is 0 Å². The average Bonchev–Trinajstić information content (AvgIpc) is 2.43. The van der Waals surface area contributed by atoms with Crippen LogP contribution >= 0.6 is 11.6 Å². The van der Waals surface area contributed by atoms with Crippen LogP contribution in [0.2, 0.25) is 5.02 Å². The van der Waals surface area contributed by atoms with Crippen LogP contribution in [0.5, 0.6) is 0 Å². The third-order valence-electron chi connectivity index (χ3n) is 2.87. The number of halogens is 1. The van der Waals surface area contributed by atoms with E-state index in [9.17, 15) is 4.79 Å². The van der Waals surface area contributed by atoms with Gasteiger partial charge in [0.25, 0.3) is 0 Å². The molecule has 1 amide bonds. The van der Waals surface area contributed by atoms with Crippen LogP contribution in [0.15, 0.2) is 24.3 Å². The summed E-state index contributed by atoms with van der Waals surface area (Å²) >= 11 is 5.84. The minimum atomic E-state index is -0.421. The molecule has 1 atom stereocenters. The Hall–Kier alpha value is -1.10.